The molecule has 0 bridgehead atoms. The van der Waals surface area contributed by atoms with Crippen LogP contribution < -0.4 is 4.90 Å². The molecule has 28 heavy (non-hydrogen) atoms. The van der Waals surface area contributed by atoms with Gasteiger partial charge in [-0.1, -0.05) is 48.7 Å². The zero-order chi connectivity index (χ0) is 19.5. The highest BCUT2D eigenvalue weighted by Crippen LogP contribution is 2.34. The molecule has 2 heterocycles. The van der Waals surface area contributed by atoms with E-state index in [9.17, 15) is 9.90 Å². The minimum atomic E-state index is 0.177. The summed E-state index contributed by atoms with van der Waals surface area (Å²) >= 11 is 6.45. The Bertz CT molecular complexity index is 838. The average molecular weight is 402 g/mol. The second kappa shape index (κ2) is 8.71. The molecule has 0 aromatic heterocycles. The lowest BCUT2D eigenvalue weighted by atomic mass is 9.94. The number of phenolic OH excluding ortho intramolecular Hbond substituents is 1. The van der Waals surface area contributed by atoms with Crippen LogP contribution in [0.15, 0.2) is 30.3 Å². The van der Waals surface area contributed by atoms with Gasteiger partial charge in [-0.3, -0.25) is 4.79 Å². The Morgan fingerprint density at radius 3 is 2.39 bits per heavy atom. The largest absolute Gasteiger partial charge is 0.507 e. The summed E-state index contributed by atoms with van der Waals surface area (Å²) in [6.07, 6.45) is 6.68. The first kappa shape index (κ1) is 19.5. The van der Waals surface area contributed by atoms with E-state index in [1.165, 1.54) is 17.7 Å². The molecule has 1 amide bonds. The number of phenols is 1. The smallest absolute Gasteiger partial charge is 0.226 e. The number of quaternary nitrogens is 1. The Morgan fingerprint density at radius 1 is 1.07 bits per heavy atom. The van der Waals surface area contributed by atoms with Crippen LogP contribution in [-0.2, 0) is 11.3 Å². The number of nitrogens with zero attached hydrogens (tertiary/aromatic N) is 1. The number of aromatic hydroxyl groups is 1. The van der Waals surface area contributed by atoms with Crippen molar-refractivity contribution in [3.63, 3.8) is 0 Å². The fraction of sp³-hybridized carbons (Fsp3) is 0.522. The van der Waals surface area contributed by atoms with Crippen molar-refractivity contribution in [1.29, 1.82) is 0 Å². The number of carbonyl (C=O) groups is 1. The molecule has 2 aromatic rings. The number of halogens is 1. The van der Waals surface area contributed by atoms with Gasteiger partial charge in [0, 0.05) is 47.6 Å². The number of likely N-dealkylation sites (tertiary alicyclic amines) is 2. The number of benzene rings is 2. The first-order chi connectivity index (χ1) is 13.6. The number of carbonyl (C=O) groups excluding carboxylic acids is 1. The summed E-state index contributed by atoms with van der Waals surface area (Å²) < 4.78 is 0. The van der Waals surface area contributed by atoms with Crippen molar-refractivity contribution < 1.29 is 14.8 Å². The Hall–Kier alpha value is -1.78. The minimum Gasteiger partial charge on any atom is -0.507 e. The van der Waals surface area contributed by atoms with E-state index in [-0.39, 0.29) is 5.92 Å². The van der Waals surface area contributed by atoms with E-state index in [2.05, 4.69) is 4.90 Å². The van der Waals surface area contributed by atoms with E-state index in [1.54, 1.807) is 0 Å². The third-order valence-corrected chi connectivity index (χ3v) is 6.76. The van der Waals surface area contributed by atoms with Gasteiger partial charge in [-0.15, -0.1) is 0 Å². The van der Waals surface area contributed by atoms with Crippen molar-refractivity contribution in [1.82, 2.24) is 4.90 Å². The maximum atomic E-state index is 12.9. The molecule has 2 saturated heterocycles. The van der Waals surface area contributed by atoms with Crippen molar-refractivity contribution >= 4 is 28.3 Å². The zero-order valence-electron chi connectivity index (χ0n) is 16.4. The molecule has 0 unspecified atom stereocenters. The first-order valence-corrected chi connectivity index (χ1v) is 11.0. The quantitative estimate of drug-likeness (QED) is 0.827. The summed E-state index contributed by atoms with van der Waals surface area (Å²) in [4.78, 5) is 16.4. The third-order valence-electron chi connectivity index (χ3n) is 6.44. The van der Waals surface area contributed by atoms with Gasteiger partial charge in [-0.05, 0) is 18.9 Å². The molecule has 2 aliphatic rings. The number of fused-ring (bicyclic) bond motifs is 1. The molecular formula is C23H30ClN2O2+. The lowest BCUT2D eigenvalue weighted by Crippen LogP contribution is -3.11. The highest BCUT2D eigenvalue weighted by molar-refractivity contribution is 6.35. The van der Waals surface area contributed by atoms with Crippen molar-refractivity contribution in [3.05, 3.63) is 40.9 Å². The van der Waals surface area contributed by atoms with Gasteiger partial charge in [0.1, 0.15) is 12.3 Å². The van der Waals surface area contributed by atoms with Crippen LogP contribution in [0.3, 0.4) is 0 Å². The van der Waals surface area contributed by atoms with Crippen LogP contribution in [0.4, 0.5) is 0 Å². The maximum absolute atomic E-state index is 12.9. The van der Waals surface area contributed by atoms with E-state index in [0.29, 0.717) is 16.7 Å². The molecule has 0 saturated carbocycles. The first-order valence-electron chi connectivity index (χ1n) is 10.6. The fourth-order valence-corrected chi connectivity index (χ4v) is 5.07. The number of nitrogens with one attached hydrogen (secondary N) is 1. The number of hydrogen-bond acceptors (Lipinski definition) is 2. The molecule has 0 atom stereocenters. The topological polar surface area (TPSA) is 45.0 Å². The van der Waals surface area contributed by atoms with E-state index < -0.39 is 0 Å². The highest BCUT2D eigenvalue weighted by atomic mass is 35.5. The van der Waals surface area contributed by atoms with Gasteiger partial charge < -0.3 is 14.9 Å². The van der Waals surface area contributed by atoms with Crippen LogP contribution >= 0.6 is 11.6 Å². The van der Waals surface area contributed by atoms with Crippen molar-refractivity contribution in [2.75, 3.05) is 26.2 Å². The molecule has 4 nitrogen and oxygen atoms in total. The third kappa shape index (κ3) is 4.13. The van der Waals surface area contributed by atoms with E-state index in [1.807, 2.05) is 30.3 Å². The van der Waals surface area contributed by atoms with Crippen LogP contribution in [0.5, 0.6) is 5.75 Å². The Balaban J connectivity index is 1.39. The molecule has 5 heteroatoms. The lowest BCUT2D eigenvalue weighted by Gasteiger charge is -2.32. The molecule has 2 aliphatic heterocycles. The molecule has 0 aliphatic carbocycles. The van der Waals surface area contributed by atoms with Gasteiger partial charge in [0.15, 0.2) is 0 Å². The summed E-state index contributed by atoms with van der Waals surface area (Å²) in [6, 6.07) is 9.62. The Morgan fingerprint density at radius 2 is 1.71 bits per heavy atom. The molecule has 4 rings (SSSR count). The van der Waals surface area contributed by atoms with E-state index in [0.717, 1.165) is 74.7 Å². The summed E-state index contributed by atoms with van der Waals surface area (Å²) in [5.41, 5.74) is 0.899. The van der Waals surface area contributed by atoms with Crippen LogP contribution in [0.25, 0.3) is 10.8 Å². The molecule has 2 aromatic carbocycles. The monoisotopic (exact) mass is 401 g/mol. The summed E-state index contributed by atoms with van der Waals surface area (Å²) in [7, 11) is 0. The second-order valence-electron chi connectivity index (χ2n) is 8.35. The number of hydrogen-bond donors (Lipinski definition) is 2. The van der Waals surface area contributed by atoms with Crippen molar-refractivity contribution in [3.8, 4) is 5.75 Å². The van der Waals surface area contributed by atoms with Crippen LogP contribution in [0.1, 0.15) is 44.1 Å². The van der Waals surface area contributed by atoms with Crippen molar-refractivity contribution in [2.45, 2.75) is 45.1 Å². The number of piperidine rings is 1. The minimum absolute atomic E-state index is 0.177. The van der Waals surface area contributed by atoms with Crippen molar-refractivity contribution in [2.24, 2.45) is 5.92 Å². The Labute approximate surface area is 172 Å². The average Bonchev–Trinajstić information content (AvgIpc) is 3.01. The summed E-state index contributed by atoms with van der Waals surface area (Å²) in [6.45, 7) is 4.56. The Kier molecular flexibility index (Phi) is 6.07. The predicted octanol–water partition coefficient (Wildman–Crippen LogP) is 3.40. The molecule has 2 fully saturated rings. The zero-order valence-corrected chi connectivity index (χ0v) is 17.2. The van der Waals surface area contributed by atoms with Crippen LogP contribution in [0.2, 0.25) is 5.02 Å². The normalized spacial score (nSPS) is 23.5. The molecule has 2 N–H and O–H groups in total. The molecule has 0 spiro atoms. The summed E-state index contributed by atoms with van der Waals surface area (Å²) in [5, 5.41) is 13.1. The van der Waals surface area contributed by atoms with Gasteiger partial charge in [0.2, 0.25) is 5.91 Å². The van der Waals surface area contributed by atoms with Crippen LogP contribution in [0, 0.1) is 5.92 Å². The predicted molar refractivity (Wildman–Crippen MR) is 113 cm³/mol. The summed E-state index contributed by atoms with van der Waals surface area (Å²) in [5.74, 6) is 0.892. The number of rotatable bonds is 3. The maximum Gasteiger partial charge on any atom is 0.226 e. The van der Waals surface area contributed by atoms with Crippen LogP contribution in [-0.4, -0.2) is 42.1 Å². The second-order valence-corrected chi connectivity index (χ2v) is 8.76. The van der Waals surface area contributed by atoms with Gasteiger partial charge >= 0.3 is 0 Å². The van der Waals surface area contributed by atoms with E-state index in [4.69, 9.17) is 11.6 Å². The van der Waals surface area contributed by atoms with Gasteiger partial charge in [0.05, 0.1) is 18.7 Å². The SMILES string of the molecule is O=C(C1CC[NH+](Cc2cc(Cl)c3ccccc3c2O)CC1)N1CCCCCC1. The van der Waals surface area contributed by atoms with Gasteiger partial charge in [0.25, 0.3) is 0 Å². The highest BCUT2D eigenvalue weighted by Gasteiger charge is 2.31. The fourth-order valence-electron chi connectivity index (χ4n) is 4.77. The van der Waals surface area contributed by atoms with Gasteiger partial charge in [-0.25, -0.2) is 0 Å². The molecular weight excluding hydrogens is 372 g/mol. The van der Waals surface area contributed by atoms with Gasteiger partial charge in [-0.2, -0.15) is 0 Å². The van der Waals surface area contributed by atoms with E-state index >= 15 is 0 Å². The number of amides is 1. The molecule has 0 radical (unpaired) electrons. The lowest BCUT2D eigenvalue weighted by molar-refractivity contribution is -0.919. The molecule has 150 valence electrons. The standard InChI is InChI=1S/C23H29ClN2O2/c24-21-15-18(22(27)20-8-4-3-7-19(20)21)16-25-13-9-17(10-14-25)23(28)26-11-5-1-2-6-12-26/h3-4,7-8,15,17,27H,1-2,5-6,9-14,16H2/p+1.